The van der Waals surface area contributed by atoms with E-state index in [2.05, 4.69) is 5.32 Å². The Balaban J connectivity index is 1.96. The van der Waals surface area contributed by atoms with Crippen molar-refractivity contribution in [3.05, 3.63) is 23.2 Å². The van der Waals surface area contributed by atoms with Gasteiger partial charge in [-0.15, -0.1) is 0 Å². The first-order chi connectivity index (χ1) is 10.0. The van der Waals surface area contributed by atoms with E-state index in [0.717, 1.165) is 0 Å². The van der Waals surface area contributed by atoms with Crippen LogP contribution in [0.1, 0.15) is 12.8 Å². The van der Waals surface area contributed by atoms with Crippen LogP contribution in [0.5, 0.6) is 5.75 Å². The molecule has 1 amide bonds. The third-order valence-electron chi connectivity index (χ3n) is 3.80. The highest BCUT2D eigenvalue weighted by Gasteiger charge is 2.33. The van der Waals surface area contributed by atoms with Crippen molar-refractivity contribution in [2.24, 2.45) is 11.7 Å². The lowest BCUT2D eigenvalue weighted by atomic mass is 10.1. The van der Waals surface area contributed by atoms with E-state index in [1.807, 2.05) is 11.9 Å². The molecule has 5 nitrogen and oxygen atoms in total. The van der Waals surface area contributed by atoms with Crippen LogP contribution >= 0.6 is 11.6 Å². The Bertz CT molecular complexity index is 506. The Hall–Kier alpha value is -1.30. The minimum absolute atomic E-state index is 0.0998. The molecule has 0 saturated heterocycles. The molecular weight excluding hydrogens is 290 g/mol. The summed E-state index contributed by atoms with van der Waals surface area (Å²) in [6.07, 6.45) is 2.41. The number of ether oxygens (including phenoxy) is 1. The Labute approximate surface area is 130 Å². The first kappa shape index (κ1) is 16.1. The molecule has 1 aliphatic rings. The number of carbonyl (C=O) groups excluding carboxylic acids is 1. The largest absolute Gasteiger partial charge is 0.495 e. The quantitative estimate of drug-likeness (QED) is 0.808. The molecule has 1 fully saturated rings. The zero-order valence-corrected chi connectivity index (χ0v) is 13.2. The lowest BCUT2D eigenvalue weighted by Crippen LogP contribution is -2.43. The second-order valence-electron chi connectivity index (χ2n) is 5.45. The predicted octanol–water partition coefficient (Wildman–Crippen LogP) is 1.96. The molecule has 0 bridgehead atoms. The van der Waals surface area contributed by atoms with Crippen molar-refractivity contribution < 1.29 is 9.53 Å². The van der Waals surface area contributed by atoms with Gasteiger partial charge in [-0.25, -0.2) is 0 Å². The van der Waals surface area contributed by atoms with Gasteiger partial charge in [-0.1, -0.05) is 11.6 Å². The van der Waals surface area contributed by atoms with Gasteiger partial charge in [-0.05, 0) is 44.0 Å². The maximum absolute atomic E-state index is 12.2. The van der Waals surface area contributed by atoms with Gasteiger partial charge in [0.05, 0.1) is 19.3 Å². The normalized spacial score (nSPS) is 15.9. The average Bonchev–Trinajstić information content (AvgIpc) is 3.24. The average molecular weight is 312 g/mol. The van der Waals surface area contributed by atoms with Crippen molar-refractivity contribution >= 4 is 23.2 Å². The number of hydrogen-bond acceptors (Lipinski definition) is 4. The van der Waals surface area contributed by atoms with Gasteiger partial charge in [0, 0.05) is 17.6 Å². The van der Waals surface area contributed by atoms with E-state index in [1.165, 1.54) is 12.8 Å². The third kappa shape index (κ3) is 4.33. The summed E-state index contributed by atoms with van der Waals surface area (Å²) in [6.45, 7) is 0.878. The monoisotopic (exact) mass is 311 g/mol. The second-order valence-corrected chi connectivity index (χ2v) is 5.88. The maximum Gasteiger partial charge on any atom is 0.238 e. The van der Waals surface area contributed by atoms with Gasteiger partial charge in [0.25, 0.3) is 0 Å². The zero-order chi connectivity index (χ0) is 15.4. The fourth-order valence-corrected chi connectivity index (χ4v) is 2.70. The summed E-state index contributed by atoms with van der Waals surface area (Å²) in [5.41, 5.74) is 6.38. The molecule has 21 heavy (non-hydrogen) atoms. The van der Waals surface area contributed by atoms with Crippen LogP contribution in [-0.4, -0.2) is 44.1 Å². The number of hydrogen-bond donors (Lipinski definition) is 2. The van der Waals surface area contributed by atoms with Crippen LogP contribution in [-0.2, 0) is 4.79 Å². The summed E-state index contributed by atoms with van der Waals surface area (Å²) in [5.74, 6) is 1.12. The molecule has 0 heterocycles. The molecule has 0 radical (unpaired) electrons. The Morgan fingerprint density at radius 3 is 2.86 bits per heavy atom. The number of halogens is 1. The van der Waals surface area contributed by atoms with Gasteiger partial charge in [0.2, 0.25) is 5.91 Å². The molecule has 116 valence electrons. The molecule has 1 aromatic carbocycles. The van der Waals surface area contributed by atoms with Gasteiger partial charge in [-0.3, -0.25) is 9.69 Å². The van der Waals surface area contributed by atoms with Crippen molar-refractivity contribution in [2.45, 2.75) is 18.9 Å². The molecule has 6 heteroatoms. The van der Waals surface area contributed by atoms with Gasteiger partial charge < -0.3 is 15.8 Å². The van der Waals surface area contributed by atoms with Crippen LogP contribution in [0.4, 0.5) is 5.69 Å². The van der Waals surface area contributed by atoms with Crippen LogP contribution < -0.4 is 15.8 Å². The number of amides is 1. The van der Waals surface area contributed by atoms with Crippen LogP contribution in [0, 0.1) is 5.92 Å². The lowest BCUT2D eigenvalue weighted by Gasteiger charge is -2.26. The molecule has 3 N–H and O–H groups in total. The Morgan fingerprint density at radius 2 is 2.29 bits per heavy atom. The van der Waals surface area contributed by atoms with Gasteiger partial charge in [0.1, 0.15) is 5.75 Å². The SMILES string of the molecule is COc1ccc(Cl)cc1NC(=O)CN(C)C(CN)C1CC1. The Kier molecular flexibility index (Phi) is 5.45. The number of nitrogens with one attached hydrogen (secondary N) is 1. The van der Waals surface area contributed by atoms with E-state index in [4.69, 9.17) is 22.1 Å². The van der Waals surface area contributed by atoms with Crippen molar-refractivity contribution in [3.63, 3.8) is 0 Å². The minimum atomic E-state index is -0.0998. The van der Waals surface area contributed by atoms with Crippen molar-refractivity contribution in [2.75, 3.05) is 32.6 Å². The molecule has 0 spiro atoms. The standard InChI is InChI=1S/C15H22ClN3O2/c1-19(13(8-17)10-3-4-10)9-15(20)18-12-7-11(16)5-6-14(12)21-2/h5-7,10,13H,3-4,8-9,17H2,1-2H3,(H,18,20). The third-order valence-corrected chi connectivity index (χ3v) is 4.04. The molecule has 1 aromatic rings. The smallest absolute Gasteiger partial charge is 0.238 e. The van der Waals surface area contributed by atoms with Crippen LogP contribution in [0.25, 0.3) is 0 Å². The number of methoxy groups -OCH3 is 1. The number of rotatable bonds is 7. The molecule has 1 unspecified atom stereocenters. The molecular formula is C15H22ClN3O2. The molecule has 1 atom stereocenters. The fourth-order valence-electron chi connectivity index (χ4n) is 2.52. The molecule has 2 rings (SSSR count). The summed E-state index contributed by atoms with van der Waals surface area (Å²) in [4.78, 5) is 14.2. The fraction of sp³-hybridized carbons (Fsp3) is 0.533. The molecule has 0 aromatic heterocycles. The first-order valence-corrected chi connectivity index (χ1v) is 7.46. The number of nitrogens with zero attached hydrogens (tertiary/aromatic N) is 1. The van der Waals surface area contributed by atoms with Crippen molar-refractivity contribution in [1.29, 1.82) is 0 Å². The van der Waals surface area contributed by atoms with Crippen LogP contribution in [0.3, 0.4) is 0 Å². The number of benzene rings is 1. The van der Waals surface area contributed by atoms with E-state index >= 15 is 0 Å². The van der Waals surface area contributed by atoms with E-state index in [9.17, 15) is 4.79 Å². The Morgan fingerprint density at radius 1 is 1.57 bits per heavy atom. The van der Waals surface area contributed by atoms with Crippen LogP contribution in [0.15, 0.2) is 18.2 Å². The highest BCUT2D eigenvalue weighted by molar-refractivity contribution is 6.31. The topological polar surface area (TPSA) is 67.6 Å². The number of anilines is 1. The summed E-state index contributed by atoms with van der Waals surface area (Å²) >= 11 is 5.95. The summed E-state index contributed by atoms with van der Waals surface area (Å²) in [6, 6.07) is 5.41. The van der Waals surface area contributed by atoms with E-state index in [0.29, 0.717) is 35.5 Å². The first-order valence-electron chi connectivity index (χ1n) is 7.09. The maximum atomic E-state index is 12.2. The van der Waals surface area contributed by atoms with E-state index in [-0.39, 0.29) is 11.9 Å². The summed E-state index contributed by atoms with van der Waals surface area (Å²) in [5, 5.41) is 3.39. The second kappa shape index (κ2) is 7.11. The lowest BCUT2D eigenvalue weighted by molar-refractivity contribution is -0.117. The summed E-state index contributed by atoms with van der Waals surface area (Å²) in [7, 11) is 3.49. The highest BCUT2D eigenvalue weighted by Crippen LogP contribution is 2.34. The van der Waals surface area contributed by atoms with Gasteiger partial charge in [-0.2, -0.15) is 0 Å². The van der Waals surface area contributed by atoms with Gasteiger partial charge in [0.15, 0.2) is 0 Å². The highest BCUT2D eigenvalue weighted by atomic mass is 35.5. The number of nitrogens with two attached hydrogens (primary N) is 1. The minimum Gasteiger partial charge on any atom is -0.495 e. The van der Waals surface area contributed by atoms with E-state index in [1.54, 1.807) is 25.3 Å². The van der Waals surface area contributed by atoms with Gasteiger partial charge >= 0.3 is 0 Å². The summed E-state index contributed by atoms with van der Waals surface area (Å²) < 4.78 is 5.22. The van der Waals surface area contributed by atoms with Crippen molar-refractivity contribution in [3.8, 4) is 5.75 Å². The zero-order valence-electron chi connectivity index (χ0n) is 12.4. The molecule has 1 aliphatic carbocycles. The molecule has 1 saturated carbocycles. The van der Waals surface area contributed by atoms with Crippen LogP contribution in [0.2, 0.25) is 5.02 Å². The van der Waals surface area contributed by atoms with E-state index < -0.39 is 0 Å². The predicted molar refractivity (Wildman–Crippen MR) is 84.8 cm³/mol. The van der Waals surface area contributed by atoms with Crippen molar-refractivity contribution in [1.82, 2.24) is 4.90 Å². The number of likely N-dealkylation sites (N-methyl/N-ethyl adjacent to an activating group) is 1. The molecule has 0 aliphatic heterocycles. The number of carbonyl (C=O) groups is 1.